The Labute approximate surface area is 254 Å². The number of carbonyl (C=O) groups is 3. The van der Waals surface area contributed by atoms with Crippen LogP contribution in [0, 0.1) is 0 Å². The largest absolute Gasteiger partial charge is 0.497 e. The SMILES string of the molecule is COc1cccc(/C=C(\NC(=O)c2ccccc2)C(=O)Nc2cccc(SCC(=O)Nc3cccc4ccccc34)c2)c1. The van der Waals surface area contributed by atoms with Gasteiger partial charge < -0.3 is 20.7 Å². The summed E-state index contributed by atoms with van der Waals surface area (Å²) < 4.78 is 5.30. The molecule has 3 N–H and O–H groups in total. The lowest BCUT2D eigenvalue weighted by molar-refractivity contribution is -0.114. The molecule has 43 heavy (non-hydrogen) atoms. The second-order valence-electron chi connectivity index (χ2n) is 9.50. The highest BCUT2D eigenvalue weighted by Gasteiger charge is 2.16. The predicted molar refractivity (Wildman–Crippen MR) is 173 cm³/mol. The Hall–Kier alpha value is -5.34. The van der Waals surface area contributed by atoms with Crippen LogP contribution in [0.3, 0.4) is 0 Å². The van der Waals surface area contributed by atoms with Crippen LogP contribution < -0.4 is 20.7 Å². The Kier molecular flexibility index (Phi) is 9.51. The summed E-state index contributed by atoms with van der Waals surface area (Å²) in [4.78, 5) is 39.9. The van der Waals surface area contributed by atoms with Crippen molar-refractivity contribution in [1.82, 2.24) is 5.32 Å². The Morgan fingerprint density at radius 3 is 2.35 bits per heavy atom. The van der Waals surface area contributed by atoms with Crippen LogP contribution in [-0.2, 0) is 9.59 Å². The molecule has 0 aliphatic heterocycles. The van der Waals surface area contributed by atoms with Gasteiger partial charge in [0.2, 0.25) is 5.91 Å². The zero-order valence-electron chi connectivity index (χ0n) is 23.4. The summed E-state index contributed by atoms with van der Waals surface area (Å²) >= 11 is 1.36. The topological polar surface area (TPSA) is 96.5 Å². The quantitative estimate of drug-likeness (QED) is 0.121. The van der Waals surface area contributed by atoms with Crippen LogP contribution >= 0.6 is 11.8 Å². The van der Waals surface area contributed by atoms with Crippen LogP contribution in [0.2, 0.25) is 0 Å². The molecule has 0 atom stereocenters. The number of ether oxygens (including phenoxy) is 1. The van der Waals surface area contributed by atoms with Crippen molar-refractivity contribution in [2.45, 2.75) is 4.90 Å². The third-order valence-electron chi connectivity index (χ3n) is 6.46. The van der Waals surface area contributed by atoms with Gasteiger partial charge in [-0.05, 0) is 65.6 Å². The number of nitrogens with one attached hydrogen (secondary N) is 3. The summed E-state index contributed by atoms with van der Waals surface area (Å²) in [7, 11) is 1.56. The molecule has 0 heterocycles. The van der Waals surface area contributed by atoms with Crippen molar-refractivity contribution in [3.63, 3.8) is 0 Å². The first-order valence-corrected chi connectivity index (χ1v) is 14.5. The highest BCUT2D eigenvalue weighted by molar-refractivity contribution is 8.00. The number of methoxy groups -OCH3 is 1. The van der Waals surface area contributed by atoms with E-state index in [0.29, 0.717) is 22.6 Å². The van der Waals surface area contributed by atoms with Crippen LogP contribution in [0.15, 0.2) is 132 Å². The van der Waals surface area contributed by atoms with Gasteiger partial charge in [-0.15, -0.1) is 11.8 Å². The Morgan fingerprint density at radius 1 is 0.767 bits per heavy atom. The van der Waals surface area contributed by atoms with Gasteiger partial charge >= 0.3 is 0 Å². The fourth-order valence-electron chi connectivity index (χ4n) is 4.37. The molecule has 7 nitrogen and oxygen atoms in total. The van der Waals surface area contributed by atoms with E-state index in [0.717, 1.165) is 21.4 Å². The summed E-state index contributed by atoms with van der Waals surface area (Å²) in [6, 6.07) is 36.7. The van der Waals surface area contributed by atoms with Gasteiger partial charge in [-0.1, -0.05) is 72.8 Å². The maximum absolute atomic E-state index is 13.4. The number of hydrogen-bond acceptors (Lipinski definition) is 5. The van der Waals surface area contributed by atoms with Crippen molar-refractivity contribution in [2.24, 2.45) is 0 Å². The number of fused-ring (bicyclic) bond motifs is 1. The van der Waals surface area contributed by atoms with Gasteiger partial charge in [0.25, 0.3) is 11.8 Å². The molecular weight excluding hydrogens is 558 g/mol. The van der Waals surface area contributed by atoms with E-state index in [1.807, 2.05) is 60.7 Å². The molecule has 3 amide bonds. The van der Waals surface area contributed by atoms with Gasteiger partial charge in [0, 0.05) is 27.2 Å². The molecule has 0 fully saturated rings. The molecule has 5 aromatic rings. The molecule has 0 saturated carbocycles. The minimum absolute atomic E-state index is 0.0645. The molecule has 0 unspecified atom stereocenters. The number of thioether (sulfide) groups is 1. The summed E-state index contributed by atoms with van der Waals surface area (Å²) in [6.07, 6.45) is 1.59. The van der Waals surface area contributed by atoms with Crippen molar-refractivity contribution in [3.8, 4) is 5.75 Å². The smallest absolute Gasteiger partial charge is 0.272 e. The first-order chi connectivity index (χ1) is 21.0. The van der Waals surface area contributed by atoms with Crippen molar-refractivity contribution in [1.29, 1.82) is 0 Å². The molecule has 0 aliphatic rings. The second kappa shape index (κ2) is 14.0. The average Bonchev–Trinajstić information content (AvgIpc) is 3.04. The van der Waals surface area contributed by atoms with Gasteiger partial charge in [-0.3, -0.25) is 14.4 Å². The van der Waals surface area contributed by atoms with E-state index in [1.165, 1.54) is 11.8 Å². The van der Waals surface area contributed by atoms with Crippen LogP contribution in [-0.4, -0.2) is 30.6 Å². The first kappa shape index (κ1) is 29.2. The van der Waals surface area contributed by atoms with Gasteiger partial charge in [-0.2, -0.15) is 0 Å². The molecule has 214 valence electrons. The Bertz CT molecular complexity index is 1800. The monoisotopic (exact) mass is 587 g/mol. The molecule has 5 rings (SSSR count). The van der Waals surface area contributed by atoms with Crippen molar-refractivity contribution in [3.05, 3.63) is 138 Å². The predicted octanol–water partition coefficient (Wildman–Crippen LogP) is 6.99. The molecular formula is C35H29N3O4S. The maximum Gasteiger partial charge on any atom is 0.272 e. The van der Waals surface area contributed by atoms with Gasteiger partial charge in [0.15, 0.2) is 0 Å². The number of amides is 3. The number of benzene rings is 5. The molecule has 5 aromatic carbocycles. The maximum atomic E-state index is 13.4. The lowest BCUT2D eigenvalue weighted by atomic mass is 10.1. The third-order valence-corrected chi connectivity index (χ3v) is 7.45. The van der Waals surface area contributed by atoms with Crippen LogP contribution in [0.25, 0.3) is 16.8 Å². The zero-order chi connectivity index (χ0) is 30.0. The van der Waals surface area contributed by atoms with E-state index >= 15 is 0 Å². The molecule has 0 spiro atoms. The fraction of sp³-hybridized carbons (Fsp3) is 0.0571. The van der Waals surface area contributed by atoms with E-state index in [9.17, 15) is 14.4 Å². The normalized spacial score (nSPS) is 11.0. The summed E-state index contributed by atoms with van der Waals surface area (Å²) in [5.41, 5.74) is 2.45. The fourth-order valence-corrected chi connectivity index (χ4v) is 5.13. The molecule has 0 aromatic heterocycles. The third kappa shape index (κ3) is 7.90. The zero-order valence-corrected chi connectivity index (χ0v) is 24.2. The van der Waals surface area contributed by atoms with E-state index in [2.05, 4.69) is 16.0 Å². The van der Waals surface area contributed by atoms with E-state index in [1.54, 1.807) is 73.8 Å². The highest BCUT2D eigenvalue weighted by atomic mass is 32.2. The van der Waals surface area contributed by atoms with Crippen LogP contribution in [0.4, 0.5) is 11.4 Å². The molecule has 0 aliphatic carbocycles. The minimum Gasteiger partial charge on any atom is -0.497 e. The summed E-state index contributed by atoms with van der Waals surface area (Å²) in [6.45, 7) is 0. The lowest BCUT2D eigenvalue weighted by Crippen LogP contribution is -2.30. The molecule has 0 saturated heterocycles. The molecule has 8 heteroatoms. The van der Waals surface area contributed by atoms with Gasteiger partial charge in [-0.25, -0.2) is 0 Å². The molecule has 0 bridgehead atoms. The summed E-state index contributed by atoms with van der Waals surface area (Å²) in [5.74, 6) is -0.233. The molecule has 0 radical (unpaired) electrons. The van der Waals surface area contributed by atoms with E-state index < -0.39 is 11.8 Å². The Balaban J connectivity index is 1.28. The van der Waals surface area contributed by atoms with E-state index in [4.69, 9.17) is 4.74 Å². The Morgan fingerprint density at radius 2 is 1.51 bits per heavy atom. The number of hydrogen-bond donors (Lipinski definition) is 3. The highest BCUT2D eigenvalue weighted by Crippen LogP contribution is 2.25. The van der Waals surface area contributed by atoms with Crippen LogP contribution in [0.1, 0.15) is 15.9 Å². The second-order valence-corrected chi connectivity index (χ2v) is 10.5. The number of anilines is 2. The standard InChI is InChI=1S/C35H29N3O4S/c1-42-28-16-7-10-24(20-28)21-32(38-34(40)26-12-3-2-4-13-26)35(41)36-27-15-9-17-29(22-27)43-23-33(39)37-31-19-8-14-25-11-5-6-18-30(25)31/h2-22H,23H2,1H3,(H,36,41)(H,37,39)(H,38,40)/b32-21-. The van der Waals surface area contributed by atoms with Gasteiger partial charge in [0.05, 0.1) is 12.9 Å². The van der Waals surface area contributed by atoms with Crippen molar-refractivity contribution in [2.75, 3.05) is 23.5 Å². The van der Waals surface area contributed by atoms with E-state index in [-0.39, 0.29) is 17.4 Å². The first-order valence-electron chi connectivity index (χ1n) is 13.5. The van der Waals surface area contributed by atoms with Crippen molar-refractivity contribution >= 4 is 57.7 Å². The summed E-state index contributed by atoms with van der Waals surface area (Å²) in [5, 5.41) is 10.6. The lowest BCUT2D eigenvalue weighted by Gasteiger charge is -2.13. The minimum atomic E-state index is -0.497. The van der Waals surface area contributed by atoms with Crippen LogP contribution in [0.5, 0.6) is 5.75 Å². The van der Waals surface area contributed by atoms with Crippen molar-refractivity contribution < 1.29 is 19.1 Å². The van der Waals surface area contributed by atoms with Gasteiger partial charge in [0.1, 0.15) is 11.4 Å². The number of rotatable bonds is 10. The average molecular weight is 588 g/mol. The number of carbonyl (C=O) groups excluding carboxylic acids is 3.